The summed E-state index contributed by atoms with van der Waals surface area (Å²) in [7, 11) is 0. The number of amides is 1. The minimum absolute atomic E-state index is 0.0735. The number of hydrogen-bond acceptors (Lipinski definition) is 3. The first kappa shape index (κ1) is 56.0. The third-order valence-corrected chi connectivity index (χ3v) is 10.5. The molecule has 0 aromatic heterocycles. The highest BCUT2D eigenvalue weighted by atomic mass is 16.3. The topological polar surface area (TPSA) is 69.6 Å². The van der Waals surface area contributed by atoms with Gasteiger partial charge in [-0.25, -0.2) is 0 Å². The molecule has 59 heavy (non-hydrogen) atoms. The van der Waals surface area contributed by atoms with Gasteiger partial charge in [0.25, 0.3) is 0 Å². The summed E-state index contributed by atoms with van der Waals surface area (Å²) in [5.74, 6) is -0.0735. The fraction of sp³-hybridized carbons (Fsp3) is 0.655. The first-order valence-electron chi connectivity index (χ1n) is 24.6. The van der Waals surface area contributed by atoms with Crippen molar-refractivity contribution in [2.24, 2.45) is 0 Å². The number of aliphatic hydroxyl groups excluding tert-OH is 2. The van der Waals surface area contributed by atoms with Gasteiger partial charge in [0.05, 0.1) is 18.8 Å². The molecule has 0 rings (SSSR count). The van der Waals surface area contributed by atoms with E-state index in [2.05, 4.69) is 116 Å². The standard InChI is InChI=1S/C55H93NO3/c1-3-5-7-9-11-12-13-14-15-16-17-18-19-20-21-22-23-24-25-26-27-28-29-30-31-32-33-34-35-36-37-38-39-40-41-42-43-44-45-47-49-51-55(59)56-53(52-57)54(58)50-48-46-10-8-6-4-2/h5,7,11-12,14-15,17-18,20-21,23-24,26-27,29-30,48,50,53-54,57-58H,3-4,6,8-10,13,16,19,22,25,28,31-47,49,51-52H2,1-2H3,(H,56,59)/b7-5-,12-11-,15-14-,18-17-,21-20-,24-23-,27-26-,30-29-,50-48+. The number of carbonyl (C=O) groups excluding carboxylic acids is 1. The minimum atomic E-state index is -0.839. The maximum absolute atomic E-state index is 12.3. The van der Waals surface area contributed by atoms with Crippen molar-refractivity contribution in [1.82, 2.24) is 5.32 Å². The Morgan fingerprint density at radius 1 is 0.424 bits per heavy atom. The van der Waals surface area contributed by atoms with Crippen molar-refractivity contribution in [2.75, 3.05) is 6.61 Å². The summed E-state index contributed by atoms with van der Waals surface area (Å²) in [4.78, 5) is 12.3. The van der Waals surface area contributed by atoms with Crippen LogP contribution in [0.15, 0.2) is 109 Å². The number of unbranched alkanes of at least 4 members (excludes halogenated alkanes) is 20. The van der Waals surface area contributed by atoms with Crippen molar-refractivity contribution in [3.63, 3.8) is 0 Å². The zero-order valence-electron chi connectivity index (χ0n) is 38.5. The Hall–Kier alpha value is -2.95. The molecule has 4 nitrogen and oxygen atoms in total. The van der Waals surface area contributed by atoms with Crippen molar-refractivity contribution < 1.29 is 15.0 Å². The summed E-state index contributed by atoms with van der Waals surface area (Å²) in [6.07, 6.45) is 75.4. The average molecular weight is 816 g/mol. The number of hydrogen-bond donors (Lipinski definition) is 3. The quantitative estimate of drug-likeness (QED) is 0.0424. The summed E-state index contributed by atoms with van der Waals surface area (Å²) < 4.78 is 0. The van der Waals surface area contributed by atoms with Crippen molar-refractivity contribution in [3.05, 3.63) is 109 Å². The molecule has 0 aromatic rings. The molecule has 0 aliphatic heterocycles. The molecule has 0 aromatic carbocycles. The third kappa shape index (κ3) is 46.0. The molecule has 4 heteroatoms. The first-order chi connectivity index (χ1) is 29.2. The van der Waals surface area contributed by atoms with Crippen LogP contribution in [0.4, 0.5) is 0 Å². The van der Waals surface area contributed by atoms with E-state index in [-0.39, 0.29) is 12.5 Å². The van der Waals surface area contributed by atoms with E-state index in [9.17, 15) is 15.0 Å². The summed E-state index contributed by atoms with van der Waals surface area (Å²) >= 11 is 0. The van der Waals surface area contributed by atoms with Gasteiger partial charge in [0.2, 0.25) is 5.91 Å². The van der Waals surface area contributed by atoms with Gasteiger partial charge in [-0.3, -0.25) is 4.79 Å². The lowest BCUT2D eigenvalue weighted by atomic mass is 10.0. The Bertz CT molecular complexity index is 1150. The van der Waals surface area contributed by atoms with Gasteiger partial charge >= 0.3 is 0 Å². The van der Waals surface area contributed by atoms with Gasteiger partial charge in [0.1, 0.15) is 0 Å². The molecule has 3 N–H and O–H groups in total. The van der Waals surface area contributed by atoms with Crippen LogP contribution in [0.1, 0.15) is 213 Å². The second kappa shape index (κ2) is 49.4. The zero-order valence-corrected chi connectivity index (χ0v) is 38.5. The molecule has 0 bridgehead atoms. The monoisotopic (exact) mass is 816 g/mol. The Morgan fingerprint density at radius 3 is 1.12 bits per heavy atom. The molecule has 0 aliphatic carbocycles. The Labute approximate surface area is 366 Å². The first-order valence-corrected chi connectivity index (χ1v) is 24.6. The Kier molecular flexibility index (Phi) is 46.9. The van der Waals surface area contributed by atoms with Crippen LogP contribution in [0.3, 0.4) is 0 Å². The van der Waals surface area contributed by atoms with Gasteiger partial charge in [-0.2, -0.15) is 0 Å². The van der Waals surface area contributed by atoms with Gasteiger partial charge in [0.15, 0.2) is 0 Å². The van der Waals surface area contributed by atoms with Crippen molar-refractivity contribution in [2.45, 2.75) is 225 Å². The number of nitrogens with one attached hydrogen (secondary N) is 1. The fourth-order valence-corrected chi connectivity index (χ4v) is 6.78. The van der Waals surface area contributed by atoms with Gasteiger partial charge in [-0.05, 0) is 83.5 Å². The second-order valence-electron chi connectivity index (χ2n) is 16.1. The summed E-state index contributed by atoms with van der Waals surface area (Å²) in [5.41, 5.74) is 0. The van der Waals surface area contributed by atoms with E-state index in [4.69, 9.17) is 0 Å². The lowest BCUT2D eigenvalue weighted by Gasteiger charge is -2.20. The van der Waals surface area contributed by atoms with E-state index in [0.717, 1.165) is 77.0 Å². The number of carbonyl (C=O) groups is 1. The minimum Gasteiger partial charge on any atom is -0.394 e. The number of aliphatic hydroxyl groups is 2. The summed E-state index contributed by atoms with van der Waals surface area (Å²) in [6, 6.07) is -0.622. The van der Waals surface area contributed by atoms with Gasteiger partial charge in [0, 0.05) is 6.42 Å². The molecule has 0 saturated carbocycles. The molecule has 336 valence electrons. The van der Waals surface area contributed by atoms with Crippen LogP contribution in [-0.4, -0.2) is 34.9 Å². The van der Waals surface area contributed by atoms with E-state index >= 15 is 0 Å². The van der Waals surface area contributed by atoms with E-state index in [0.29, 0.717) is 6.42 Å². The molecule has 1 amide bonds. The smallest absolute Gasteiger partial charge is 0.220 e. The molecule has 0 heterocycles. The van der Waals surface area contributed by atoms with Crippen LogP contribution < -0.4 is 5.32 Å². The van der Waals surface area contributed by atoms with Crippen LogP contribution in [0.2, 0.25) is 0 Å². The van der Waals surface area contributed by atoms with Crippen molar-refractivity contribution in [1.29, 1.82) is 0 Å². The van der Waals surface area contributed by atoms with Gasteiger partial charge in [-0.15, -0.1) is 0 Å². The van der Waals surface area contributed by atoms with E-state index in [1.807, 2.05) is 6.08 Å². The maximum Gasteiger partial charge on any atom is 0.220 e. The molecule has 0 fully saturated rings. The molecule has 0 aliphatic rings. The van der Waals surface area contributed by atoms with Crippen molar-refractivity contribution in [3.8, 4) is 0 Å². The van der Waals surface area contributed by atoms with Crippen LogP contribution in [0, 0.1) is 0 Å². The lowest BCUT2D eigenvalue weighted by molar-refractivity contribution is -0.123. The molecule has 2 atom stereocenters. The number of allylic oxidation sites excluding steroid dienone is 17. The van der Waals surface area contributed by atoms with E-state index in [1.165, 1.54) is 116 Å². The molecule has 0 radical (unpaired) electrons. The lowest BCUT2D eigenvalue weighted by Crippen LogP contribution is -2.45. The Morgan fingerprint density at radius 2 is 0.746 bits per heavy atom. The number of rotatable bonds is 43. The largest absolute Gasteiger partial charge is 0.394 e. The predicted octanol–water partition coefficient (Wildman–Crippen LogP) is 16.0. The molecule has 0 spiro atoms. The molecule has 0 saturated heterocycles. The summed E-state index contributed by atoms with van der Waals surface area (Å²) in [5, 5.41) is 22.7. The molecular formula is C55H93NO3. The van der Waals surface area contributed by atoms with Crippen molar-refractivity contribution >= 4 is 5.91 Å². The molecular weight excluding hydrogens is 723 g/mol. The Balaban J connectivity index is 3.48. The van der Waals surface area contributed by atoms with Crippen LogP contribution in [-0.2, 0) is 4.79 Å². The van der Waals surface area contributed by atoms with Gasteiger partial charge in [-0.1, -0.05) is 232 Å². The van der Waals surface area contributed by atoms with Crippen LogP contribution in [0.5, 0.6) is 0 Å². The molecule has 2 unspecified atom stereocenters. The highest BCUT2D eigenvalue weighted by Crippen LogP contribution is 2.15. The zero-order chi connectivity index (χ0) is 42.8. The second-order valence-corrected chi connectivity index (χ2v) is 16.1. The average Bonchev–Trinajstić information content (AvgIpc) is 3.24. The van der Waals surface area contributed by atoms with Gasteiger partial charge < -0.3 is 15.5 Å². The highest BCUT2D eigenvalue weighted by molar-refractivity contribution is 5.76. The normalized spacial score (nSPS) is 13.9. The SMILES string of the molecule is CC/C=C\C/C=C\C/C=C\C/C=C\C/C=C\C/C=C\C/C=C\C/C=C\CCCCCCCCCCCCCCCCCCC(=O)NC(CO)C(O)/C=C/CCCCCC. The van der Waals surface area contributed by atoms with E-state index in [1.54, 1.807) is 6.08 Å². The predicted molar refractivity (Wildman–Crippen MR) is 262 cm³/mol. The maximum atomic E-state index is 12.3. The summed E-state index contributed by atoms with van der Waals surface area (Å²) in [6.45, 7) is 4.11. The fourth-order valence-electron chi connectivity index (χ4n) is 6.78. The van der Waals surface area contributed by atoms with Crippen LogP contribution >= 0.6 is 0 Å². The third-order valence-electron chi connectivity index (χ3n) is 10.5. The highest BCUT2D eigenvalue weighted by Gasteiger charge is 2.17. The van der Waals surface area contributed by atoms with Crippen LogP contribution in [0.25, 0.3) is 0 Å². The van der Waals surface area contributed by atoms with E-state index < -0.39 is 12.1 Å².